The van der Waals surface area contributed by atoms with Crippen LogP contribution in [0.25, 0.3) is 10.9 Å². The number of nitrogens with zero attached hydrogens (tertiary/aromatic N) is 3. The largest absolute Gasteiger partial charge is 0.330 e. The first-order chi connectivity index (χ1) is 9.72. The predicted molar refractivity (Wildman–Crippen MR) is 77.6 cm³/mol. The molecule has 3 rings (SSSR count). The Morgan fingerprint density at radius 1 is 1.30 bits per heavy atom. The molecule has 0 radical (unpaired) electrons. The molecule has 5 heteroatoms. The molecule has 0 saturated carbocycles. The molecule has 1 aromatic carbocycles. The van der Waals surface area contributed by atoms with Gasteiger partial charge in [0, 0.05) is 24.8 Å². The van der Waals surface area contributed by atoms with Crippen LogP contribution in [0.4, 0.5) is 0 Å². The zero-order valence-corrected chi connectivity index (χ0v) is 11.3. The van der Waals surface area contributed by atoms with Crippen molar-refractivity contribution in [1.82, 2.24) is 14.3 Å². The average Bonchev–Trinajstić information content (AvgIpc) is 3.03. The topological polar surface area (TPSA) is 65.8 Å². The molecule has 0 aliphatic carbocycles. The molecule has 102 valence electrons. The predicted octanol–water partition coefficient (Wildman–Crippen LogP) is 1.56. The van der Waals surface area contributed by atoms with Crippen LogP contribution in [0.1, 0.15) is 16.1 Å². The van der Waals surface area contributed by atoms with Crippen LogP contribution in [0, 0.1) is 0 Å². The van der Waals surface area contributed by atoms with Gasteiger partial charge >= 0.3 is 0 Å². The van der Waals surface area contributed by atoms with E-state index in [4.69, 9.17) is 5.73 Å². The molecule has 0 bridgehead atoms. The van der Waals surface area contributed by atoms with Gasteiger partial charge in [0.2, 0.25) is 0 Å². The van der Waals surface area contributed by atoms with Gasteiger partial charge in [-0.05, 0) is 30.7 Å². The smallest absolute Gasteiger partial charge is 0.280 e. The number of fused-ring (bicyclic) bond motifs is 1. The summed E-state index contributed by atoms with van der Waals surface area (Å²) < 4.78 is 3.26. The number of carbonyl (C=O) groups excluding carboxylic acids is 1. The number of benzene rings is 1. The van der Waals surface area contributed by atoms with Gasteiger partial charge in [0.1, 0.15) is 5.69 Å². The number of carbonyl (C=O) groups is 1. The van der Waals surface area contributed by atoms with E-state index in [1.54, 1.807) is 28.6 Å². The minimum atomic E-state index is -0.0792. The lowest BCUT2D eigenvalue weighted by molar-refractivity contribution is 0.0955. The molecule has 0 aliphatic rings. The van der Waals surface area contributed by atoms with Crippen molar-refractivity contribution in [2.75, 3.05) is 6.54 Å². The van der Waals surface area contributed by atoms with Crippen molar-refractivity contribution in [1.29, 1.82) is 0 Å². The van der Waals surface area contributed by atoms with Crippen molar-refractivity contribution < 1.29 is 4.79 Å². The molecule has 0 amide bonds. The molecule has 0 aliphatic heterocycles. The Hall–Kier alpha value is -2.40. The average molecular weight is 268 g/mol. The quantitative estimate of drug-likeness (QED) is 0.784. The zero-order valence-electron chi connectivity index (χ0n) is 11.3. The lowest BCUT2D eigenvalue weighted by atomic mass is 10.1. The van der Waals surface area contributed by atoms with Gasteiger partial charge in [0.25, 0.3) is 5.91 Å². The van der Waals surface area contributed by atoms with Gasteiger partial charge in [-0.15, -0.1) is 0 Å². The van der Waals surface area contributed by atoms with E-state index < -0.39 is 0 Å². The van der Waals surface area contributed by atoms with E-state index in [2.05, 4.69) is 5.10 Å². The van der Waals surface area contributed by atoms with E-state index in [9.17, 15) is 4.79 Å². The summed E-state index contributed by atoms with van der Waals surface area (Å²) in [4.78, 5) is 12.6. The number of para-hydroxylation sites is 1. The highest BCUT2D eigenvalue weighted by molar-refractivity contribution is 6.02. The molecule has 0 fully saturated rings. The fourth-order valence-electron chi connectivity index (χ4n) is 2.48. The Morgan fingerprint density at radius 2 is 2.10 bits per heavy atom. The van der Waals surface area contributed by atoms with E-state index in [0.717, 1.165) is 22.9 Å². The Bertz CT molecular complexity index is 769. The highest BCUT2D eigenvalue weighted by atomic mass is 16.2. The second-order valence-corrected chi connectivity index (χ2v) is 4.73. The van der Waals surface area contributed by atoms with Gasteiger partial charge in [-0.25, -0.2) is 0 Å². The maximum Gasteiger partial charge on any atom is 0.280 e. The van der Waals surface area contributed by atoms with Crippen LogP contribution in [0.15, 0.2) is 42.7 Å². The number of nitrogens with two attached hydrogens (primary N) is 1. The summed E-state index contributed by atoms with van der Waals surface area (Å²) in [5.41, 5.74) is 8.21. The fraction of sp³-hybridized carbons (Fsp3) is 0.200. The van der Waals surface area contributed by atoms with Gasteiger partial charge in [0.05, 0.1) is 5.52 Å². The van der Waals surface area contributed by atoms with Gasteiger partial charge in [-0.3, -0.25) is 14.0 Å². The Morgan fingerprint density at radius 3 is 2.80 bits per heavy atom. The lowest BCUT2D eigenvalue weighted by Crippen LogP contribution is -2.15. The van der Waals surface area contributed by atoms with Gasteiger partial charge in [0.15, 0.2) is 0 Å². The highest BCUT2D eigenvalue weighted by Crippen LogP contribution is 2.22. The van der Waals surface area contributed by atoms with E-state index in [-0.39, 0.29) is 5.91 Å². The molecule has 2 N–H and O–H groups in total. The first kappa shape index (κ1) is 12.6. The molecular weight excluding hydrogens is 252 g/mol. The normalized spacial score (nSPS) is 11.1. The van der Waals surface area contributed by atoms with Gasteiger partial charge in [-0.2, -0.15) is 5.10 Å². The number of aryl methyl sites for hydroxylation is 1. The monoisotopic (exact) mass is 268 g/mol. The third-order valence-corrected chi connectivity index (χ3v) is 3.47. The van der Waals surface area contributed by atoms with Crippen LogP contribution in [0.2, 0.25) is 0 Å². The number of rotatable bonds is 3. The van der Waals surface area contributed by atoms with Crippen LogP contribution < -0.4 is 5.73 Å². The van der Waals surface area contributed by atoms with Crippen LogP contribution in [0.3, 0.4) is 0 Å². The SMILES string of the molecule is Cn1nccc1C(=O)n1cc(CCN)c2ccccc21. The lowest BCUT2D eigenvalue weighted by Gasteiger charge is -2.04. The van der Waals surface area contributed by atoms with Crippen LogP contribution in [-0.2, 0) is 13.5 Å². The molecule has 20 heavy (non-hydrogen) atoms. The molecule has 2 aromatic heterocycles. The molecule has 3 aromatic rings. The van der Waals surface area contributed by atoms with Crippen molar-refractivity contribution >= 4 is 16.8 Å². The molecular formula is C15H16N4O. The fourth-order valence-corrected chi connectivity index (χ4v) is 2.48. The van der Waals surface area contributed by atoms with E-state index >= 15 is 0 Å². The Balaban J connectivity index is 2.17. The summed E-state index contributed by atoms with van der Waals surface area (Å²) in [7, 11) is 1.76. The van der Waals surface area contributed by atoms with E-state index in [1.165, 1.54) is 0 Å². The van der Waals surface area contributed by atoms with Crippen molar-refractivity contribution in [2.24, 2.45) is 12.8 Å². The van der Waals surface area contributed by atoms with Crippen molar-refractivity contribution in [3.8, 4) is 0 Å². The standard InChI is InChI=1S/C15H16N4O/c1-18-14(7-9-17-18)15(20)19-10-11(6-8-16)12-4-2-3-5-13(12)19/h2-5,7,9-10H,6,8,16H2,1H3. The van der Waals surface area contributed by atoms with Crippen LogP contribution >= 0.6 is 0 Å². The van der Waals surface area contributed by atoms with Gasteiger partial charge < -0.3 is 5.73 Å². The number of hydrogen-bond donors (Lipinski definition) is 1. The summed E-state index contributed by atoms with van der Waals surface area (Å²) in [6.07, 6.45) is 4.26. The zero-order chi connectivity index (χ0) is 14.1. The second-order valence-electron chi connectivity index (χ2n) is 4.73. The molecule has 0 saturated heterocycles. The summed E-state index contributed by atoms with van der Waals surface area (Å²) in [6, 6.07) is 9.60. The van der Waals surface area contributed by atoms with E-state index in [1.807, 2.05) is 30.5 Å². The summed E-state index contributed by atoms with van der Waals surface area (Å²) >= 11 is 0. The third-order valence-electron chi connectivity index (χ3n) is 3.47. The van der Waals surface area contributed by atoms with Crippen molar-refractivity contribution in [3.05, 3.63) is 54.0 Å². The van der Waals surface area contributed by atoms with Crippen molar-refractivity contribution in [3.63, 3.8) is 0 Å². The minimum Gasteiger partial charge on any atom is -0.330 e. The highest BCUT2D eigenvalue weighted by Gasteiger charge is 2.16. The summed E-state index contributed by atoms with van der Waals surface area (Å²) in [6.45, 7) is 0.563. The first-order valence-electron chi connectivity index (χ1n) is 6.54. The third kappa shape index (κ3) is 1.92. The number of hydrogen-bond acceptors (Lipinski definition) is 3. The number of aromatic nitrogens is 3. The Labute approximate surface area is 116 Å². The van der Waals surface area contributed by atoms with Crippen molar-refractivity contribution in [2.45, 2.75) is 6.42 Å². The summed E-state index contributed by atoms with van der Waals surface area (Å²) in [5.74, 6) is -0.0792. The maximum absolute atomic E-state index is 12.6. The molecule has 5 nitrogen and oxygen atoms in total. The van der Waals surface area contributed by atoms with Crippen LogP contribution in [0.5, 0.6) is 0 Å². The minimum absolute atomic E-state index is 0.0792. The first-order valence-corrected chi connectivity index (χ1v) is 6.54. The molecule has 0 atom stereocenters. The molecule has 0 unspecified atom stereocenters. The van der Waals surface area contributed by atoms with E-state index in [0.29, 0.717) is 12.2 Å². The second kappa shape index (κ2) is 4.94. The Kier molecular flexibility index (Phi) is 3.12. The molecule has 2 heterocycles. The summed E-state index contributed by atoms with van der Waals surface area (Å²) in [5, 5.41) is 5.13. The maximum atomic E-state index is 12.6. The van der Waals surface area contributed by atoms with Crippen LogP contribution in [-0.4, -0.2) is 26.8 Å². The molecule has 0 spiro atoms. The van der Waals surface area contributed by atoms with Gasteiger partial charge in [-0.1, -0.05) is 18.2 Å².